The molecule has 3 rings (SSSR count). The summed E-state index contributed by atoms with van der Waals surface area (Å²) in [5.41, 5.74) is 2.97. The van der Waals surface area contributed by atoms with E-state index in [4.69, 9.17) is 0 Å². The highest BCUT2D eigenvalue weighted by Gasteiger charge is 2.14. The van der Waals surface area contributed by atoms with E-state index in [1.807, 2.05) is 31.2 Å². The summed E-state index contributed by atoms with van der Waals surface area (Å²) in [7, 11) is 1.51. The third-order valence-electron chi connectivity index (χ3n) is 4.45. The van der Waals surface area contributed by atoms with Crippen molar-refractivity contribution in [3.63, 3.8) is 0 Å². The predicted octanol–water partition coefficient (Wildman–Crippen LogP) is 3.09. The molecule has 0 unspecified atom stereocenters. The van der Waals surface area contributed by atoms with Crippen LogP contribution in [0.5, 0.6) is 11.5 Å². The molecule has 0 bridgehead atoms. The summed E-state index contributed by atoms with van der Waals surface area (Å²) in [6.45, 7) is 1.94. The lowest BCUT2D eigenvalue weighted by molar-refractivity contribution is -0.115. The van der Waals surface area contributed by atoms with Crippen LogP contribution in [0.1, 0.15) is 21.5 Å². The number of carbonyl (C=O) groups is 2. The van der Waals surface area contributed by atoms with Crippen molar-refractivity contribution >= 4 is 29.0 Å². The zero-order chi connectivity index (χ0) is 21.7. The fourth-order valence-corrected chi connectivity index (χ4v) is 2.83. The van der Waals surface area contributed by atoms with E-state index < -0.39 is 0 Å². The van der Waals surface area contributed by atoms with Gasteiger partial charge in [0.25, 0.3) is 5.91 Å². The van der Waals surface area contributed by atoms with E-state index in [-0.39, 0.29) is 29.7 Å². The second-order valence-electron chi connectivity index (χ2n) is 6.69. The zero-order valence-electron chi connectivity index (χ0n) is 16.6. The minimum absolute atomic E-state index is 0.0398. The number of rotatable bonds is 6. The Hall–Kier alpha value is -4.07. The van der Waals surface area contributed by atoms with Gasteiger partial charge in [-0.15, -0.1) is 0 Å². The number of aromatic hydroxyl groups is 2. The Labute approximate surface area is 173 Å². The van der Waals surface area contributed by atoms with Crippen molar-refractivity contribution in [2.75, 3.05) is 17.7 Å². The van der Waals surface area contributed by atoms with Gasteiger partial charge >= 0.3 is 0 Å². The number of carbonyl (C=O) groups excluding carboxylic acids is 2. The number of amides is 2. The first-order valence-electron chi connectivity index (χ1n) is 9.23. The maximum absolute atomic E-state index is 12.6. The van der Waals surface area contributed by atoms with Crippen molar-refractivity contribution in [2.45, 2.75) is 13.3 Å². The summed E-state index contributed by atoms with van der Waals surface area (Å²) in [6.07, 6.45) is 1.38. The molecule has 0 aliphatic heterocycles. The first kappa shape index (κ1) is 20.7. The Morgan fingerprint density at radius 2 is 1.77 bits per heavy atom. The van der Waals surface area contributed by atoms with Crippen LogP contribution in [0, 0.1) is 6.92 Å². The Morgan fingerprint density at radius 3 is 2.47 bits per heavy atom. The van der Waals surface area contributed by atoms with Crippen LogP contribution in [0.15, 0.2) is 54.7 Å². The van der Waals surface area contributed by atoms with Gasteiger partial charge in [0.1, 0.15) is 0 Å². The van der Waals surface area contributed by atoms with Crippen molar-refractivity contribution in [1.29, 1.82) is 0 Å². The van der Waals surface area contributed by atoms with Gasteiger partial charge in [0, 0.05) is 18.9 Å². The number of hydrogen-bond donors (Lipinski definition) is 5. The zero-order valence-corrected chi connectivity index (χ0v) is 16.6. The third-order valence-corrected chi connectivity index (χ3v) is 4.45. The third kappa shape index (κ3) is 4.85. The van der Waals surface area contributed by atoms with Gasteiger partial charge in [-0.3, -0.25) is 9.59 Å². The maximum Gasteiger partial charge on any atom is 0.252 e. The van der Waals surface area contributed by atoms with Gasteiger partial charge in [-0.25, -0.2) is 4.98 Å². The summed E-state index contributed by atoms with van der Waals surface area (Å²) >= 11 is 0. The molecule has 0 radical (unpaired) electrons. The van der Waals surface area contributed by atoms with E-state index in [0.717, 1.165) is 11.3 Å². The summed E-state index contributed by atoms with van der Waals surface area (Å²) in [4.78, 5) is 28.9. The average Bonchev–Trinajstić information content (AvgIpc) is 2.73. The molecule has 0 atom stereocenters. The second kappa shape index (κ2) is 8.95. The van der Waals surface area contributed by atoms with Crippen molar-refractivity contribution in [3.8, 4) is 11.5 Å². The molecule has 8 heteroatoms. The van der Waals surface area contributed by atoms with E-state index in [1.54, 1.807) is 12.1 Å². The van der Waals surface area contributed by atoms with Gasteiger partial charge in [-0.05, 0) is 42.3 Å². The van der Waals surface area contributed by atoms with E-state index in [1.165, 1.54) is 25.4 Å². The first-order chi connectivity index (χ1) is 14.4. The number of phenols is 2. The average molecular weight is 406 g/mol. The van der Waals surface area contributed by atoms with Crippen LogP contribution in [0.25, 0.3) is 0 Å². The number of phenolic OH excluding ortho intramolecular Hbond substituents is 2. The molecule has 0 aliphatic carbocycles. The number of pyridine rings is 1. The van der Waals surface area contributed by atoms with E-state index >= 15 is 0 Å². The highest BCUT2D eigenvalue weighted by molar-refractivity contribution is 5.99. The minimum atomic E-state index is -0.371. The number of hydrogen-bond acceptors (Lipinski definition) is 6. The topological polar surface area (TPSA) is 124 Å². The van der Waals surface area contributed by atoms with Gasteiger partial charge in [0.15, 0.2) is 17.3 Å². The molecule has 8 nitrogen and oxygen atoms in total. The molecule has 0 spiro atoms. The Bertz CT molecular complexity index is 1100. The molecule has 0 saturated heterocycles. The van der Waals surface area contributed by atoms with Gasteiger partial charge in [0.2, 0.25) is 5.91 Å². The Balaban J connectivity index is 1.87. The van der Waals surface area contributed by atoms with Crippen LogP contribution in [0.4, 0.5) is 17.2 Å². The summed E-state index contributed by atoms with van der Waals surface area (Å²) in [5.74, 6) is -0.872. The molecule has 5 N–H and O–H groups in total. The van der Waals surface area contributed by atoms with Gasteiger partial charge in [-0.1, -0.05) is 24.3 Å². The normalized spacial score (nSPS) is 10.3. The minimum Gasteiger partial charge on any atom is -0.504 e. The highest BCUT2D eigenvalue weighted by Crippen LogP contribution is 2.28. The Morgan fingerprint density at radius 1 is 1.00 bits per heavy atom. The number of nitrogens with zero attached hydrogens (tertiary/aromatic N) is 1. The largest absolute Gasteiger partial charge is 0.504 e. The second-order valence-corrected chi connectivity index (χ2v) is 6.69. The molecular weight excluding hydrogens is 384 g/mol. The number of benzene rings is 2. The quantitative estimate of drug-likeness (QED) is 0.401. The highest BCUT2D eigenvalue weighted by atomic mass is 16.3. The van der Waals surface area contributed by atoms with Crippen molar-refractivity contribution in [3.05, 3.63) is 71.4 Å². The van der Waals surface area contributed by atoms with Crippen LogP contribution in [0.3, 0.4) is 0 Å². The lowest BCUT2D eigenvalue weighted by atomic mass is 10.1. The van der Waals surface area contributed by atoms with Crippen molar-refractivity contribution in [2.24, 2.45) is 0 Å². The summed E-state index contributed by atoms with van der Waals surface area (Å²) in [5, 5.41) is 27.5. The molecule has 1 heterocycles. The van der Waals surface area contributed by atoms with Gasteiger partial charge in [0.05, 0.1) is 17.7 Å². The maximum atomic E-state index is 12.6. The molecule has 0 fully saturated rings. The molecule has 30 heavy (non-hydrogen) atoms. The number of anilines is 3. The summed E-state index contributed by atoms with van der Waals surface area (Å²) < 4.78 is 0. The van der Waals surface area contributed by atoms with E-state index in [0.29, 0.717) is 22.6 Å². The van der Waals surface area contributed by atoms with Crippen molar-refractivity contribution < 1.29 is 19.8 Å². The fraction of sp³-hybridized carbons (Fsp3) is 0.136. The van der Waals surface area contributed by atoms with Crippen LogP contribution in [-0.4, -0.2) is 34.1 Å². The molecule has 1 aromatic heterocycles. The lowest BCUT2D eigenvalue weighted by Crippen LogP contribution is -2.20. The van der Waals surface area contributed by atoms with E-state index in [2.05, 4.69) is 20.9 Å². The molecule has 3 aromatic rings. The fourth-order valence-electron chi connectivity index (χ4n) is 2.83. The molecule has 154 valence electrons. The number of aromatic nitrogens is 1. The molecule has 0 saturated carbocycles. The summed E-state index contributed by atoms with van der Waals surface area (Å²) in [6, 6.07) is 13.3. The monoisotopic (exact) mass is 406 g/mol. The molecule has 0 aliphatic rings. The standard InChI is InChI=1S/C22H22N4O4/c1-13-5-3-4-6-16(13)26-21-17(11-15(12-24-21)22(30)23-2)25-20(29)10-14-7-8-18(27)19(28)9-14/h3-9,11-12,27-28H,10H2,1-2H3,(H,23,30)(H,24,26)(H,25,29). The molecular formula is C22H22N4O4. The SMILES string of the molecule is CNC(=O)c1cnc(Nc2ccccc2C)c(NC(=O)Cc2ccc(O)c(O)c2)c1. The first-order valence-corrected chi connectivity index (χ1v) is 9.23. The number of nitrogens with one attached hydrogen (secondary N) is 3. The van der Waals surface area contributed by atoms with Crippen molar-refractivity contribution in [1.82, 2.24) is 10.3 Å². The van der Waals surface area contributed by atoms with Crippen LogP contribution in [-0.2, 0) is 11.2 Å². The number of para-hydroxylation sites is 1. The Kier molecular flexibility index (Phi) is 6.17. The molecule has 2 aromatic carbocycles. The smallest absolute Gasteiger partial charge is 0.252 e. The van der Waals surface area contributed by atoms with Crippen LogP contribution in [0.2, 0.25) is 0 Å². The van der Waals surface area contributed by atoms with Gasteiger partial charge < -0.3 is 26.2 Å². The van der Waals surface area contributed by atoms with Crippen LogP contribution < -0.4 is 16.0 Å². The predicted molar refractivity (Wildman–Crippen MR) is 114 cm³/mol. The van der Waals surface area contributed by atoms with Gasteiger partial charge in [-0.2, -0.15) is 0 Å². The lowest BCUT2D eigenvalue weighted by Gasteiger charge is -2.15. The van der Waals surface area contributed by atoms with Crippen LogP contribution >= 0.6 is 0 Å². The number of aryl methyl sites for hydroxylation is 1. The van der Waals surface area contributed by atoms with E-state index in [9.17, 15) is 19.8 Å². The molecule has 2 amide bonds.